The number of likely N-dealkylation sites (N-methyl/N-ethyl adjacent to an activating group) is 1. The standard InChI is InChI=1S/C16H19FN2O2/c1-3-13(21-14-8-5-4-7-12(14)17)15(20)19(2)16(11-18)9-6-10-16/h4-5,7-8,13H,3,6,9-10H2,1-2H3/t13-/m0/s1. The maximum absolute atomic E-state index is 13.6. The summed E-state index contributed by atoms with van der Waals surface area (Å²) in [5.74, 6) is -0.710. The van der Waals surface area contributed by atoms with Crippen LogP contribution in [0.5, 0.6) is 5.75 Å². The van der Waals surface area contributed by atoms with Crippen LogP contribution >= 0.6 is 0 Å². The third-order valence-electron chi connectivity index (χ3n) is 4.11. The van der Waals surface area contributed by atoms with E-state index in [1.807, 2.05) is 0 Å². The average molecular weight is 290 g/mol. The third-order valence-corrected chi connectivity index (χ3v) is 4.11. The Labute approximate surface area is 124 Å². The van der Waals surface area contributed by atoms with Gasteiger partial charge in [-0.2, -0.15) is 5.26 Å². The second-order valence-electron chi connectivity index (χ2n) is 5.34. The summed E-state index contributed by atoms with van der Waals surface area (Å²) in [4.78, 5) is 14.0. The van der Waals surface area contributed by atoms with Crippen molar-refractivity contribution in [2.24, 2.45) is 0 Å². The largest absolute Gasteiger partial charge is 0.478 e. The maximum atomic E-state index is 13.6. The molecule has 1 amide bonds. The summed E-state index contributed by atoms with van der Waals surface area (Å²) in [6.45, 7) is 1.80. The molecule has 0 radical (unpaired) electrons. The van der Waals surface area contributed by atoms with E-state index in [2.05, 4.69) is 6.07 Å². The molecule has 0 heterocycles. The number of amides is 1. The first-order chi connectivity index (χ1) is 10.0. The molecule has 0 bridgehead atoms. The fourth-order valence-corrected chi connectivity index (χ4v) is 2.46. The molecule has 1 fully saturated rings. The molecule has 1 aliphatic rings. The van der Waals surface area contributed by atoms with Crippen molar-refractivity contribution in [1.29, 1.82) is 5.26 Å². The van der Waals surface area contributed by atoms with Crippen LogP contribution in [0.2, 0.25) is 0 Å². The zero-order valence-electron chi connectivity index (χ0n) is 12.3. The van der Waals surface area contributed by atoms with Crippen LogP contribution in [0.3, 0.4) is 0 Å². The first-order valence-corrected chi connectivity index (χ1v) is 7.14. The van der Waals surface area contributed by atoms with Gasteiger partial charge in [0, 0.05) is 7.05 Å². The molecule has 0 saturated heterocycles. The van der Waals surface area contributed by atoms with Gasteiger partial charge in [0.05, 0.1) is 6.07 Å². The van der Waals surface area contributed by atoms with Crippen LogP contribution in [0.15, 0.2) is 24.3 Å². The van der Waals surface area contributed by atoms with Crippen LogP contribution in [0.25, 0.3) is 0 Å². The highest BCUT2D eigenvalue weighted by atomic mass is 19.1. The lowest BCUT2D eigenvalue weighted by atomic mass is 9.76. The number of rotatable bonds is 5. The lowest BCUT2D eigenvalue weighted by Crippen LogP contribution is -2.56. The molecule has 0 aromatic heterocycles. The Morgan fingerprint density at radius 3 is 2.67 bits per heavy atom. The summed E-state index contributed by atoms with van der Waals surface area (Å²) in [7, 11) is 1.62. The van der Waals surface area contributed by atoms with E-state index in [-0.39, 0.29) is 11.7 Å². The minimum absolute atomic E-state index is 0.0608. The van der Waals surface area contributed by atoms with E-state index in [0.29, 0.717) is 19.3 Å². The van der Waals surface area contributed by atoms with Gasteiger partial charge in [-0.15, -0.1) is 0 Å². The van der Waals surface area contributed by atoms with Crippen LogP contribution in [0.1, 0.15) is 32.6 Å². The summed E-state index contributed by atoms with van der Waals surface area (Å²) in [5, 5.41) is 9.30. The molecule has 1 atom stereocenters. The maximum Gasteiger partial charge on any atom is 0.264 e. The number of ether oxygens (including phenoxy) is 1. The molecule has 5 heteroatoms. The van der Waals surface area contributed by atoms with Crippen molar-refractivity contribution >= 4 is 5.91 Å². The molecule has 0 unspecified atom stereocenters. The van der Waals surface area contributed by atoms with Crippen LogP contribution in [-0.4, -0.2) is 29.5 Å². The lowest BCUT2D eigenvalue weighted by Gasteiger charge is -2.43. The molecule has 21 heavy (non-hydrogen) atoms. The minimum Gasteiger partial charge on any atom is -0.478 e. The number of carbonyl (C=O) groups excluding carboxylic acids is 1. The zero-order chi connectivity index (χ0) is 15.5. The minimum atomic E-state index is -0.780. The van der Waals surface area contributed by atoms with Gasteiger partial charge >= 0.3 is 0 Å². The average Bonchev–Trinajstić information content (AvgIpc) is 2.45. The summed E-state index contributed by atoms with van der Waals surface area (Å²) in [6, 6.07) is 8.23. The fourth-order valence-electron chi connectivity index (χ4n) is 2.46. The number of carbonyl (C=O) groups is 1. The second kappa shape index (κ2) is 6.13. The first kappa shape index (κ1) is 15.3. The van der Waals surface area contributed by atoms with Crippen molar-refractivity contribution in [3.8, 4) is 11.8 Å². The molecule has 0 aliphatic heterocycles. The topological polar surface area (TPSA) is 53.3 Å². The summed E-state index contributed by atoms with van der Waals surface area (Å²) in [6.07, 6.45) is 1.94. The predicted molar refractivity (Wildman–Crippen MR) is 76.1 cm³/mol. The lowest BCUT2D eigenvalue weighted by molar-refractivity contribution is -0.144. The first-order valence-electron chi connectivity index (χ1n) is 7.14. The van der Waals surface area contributed by atoms with Gasteiger partial charge in [0.1, 0.15) is 5.54 Å². The van der Waals surface area contributed by atoms with Crippen LogP contribution in [0.4, 0.5) is 4.39 Å². The van der Waals surface area contributed by atoms with Gasteiger partial charge in [0.25, 0.3) is 5.91 Å². The van der Waals surface area contributed by atoms with Crippen molar-refractivity contribution in [2.45, 2.75) is 44.2 Å². The van der Waals surface area contributed by atoms with E-state index in [1.54, 1.807) is 26.1 Å². The highest BCUT2D eigenvalue weighted by Gasteiger charge is 2.45. The Balaban J connectivity index is 2.12. The monoisotopic (exact) mass is 290 g/mol. The third kappa shape index (κ3) is 2.85. The molecule has 1 aromatic rings. The Hall–Kier alpha value is -2.09. The van der Waals surface area contributed by atoms with E-state index >= 15 is 0 Å². The normalized spacial score (nSPS) is 17.2. The van der Waals surface area contributed by atoms with Crippen molar-refractivity contribution in [3.63, 3.8) is 0 Å². The summed E-state index contributed by atoms with van der Waals surface area (Å²) >= 11 is 0. The Kier molecular flexibility index (Phi) is 4.46. The van der Waals surface area contributed by atoms with Crippen molar-refractivity contribution in [1.82, 2.24) is 4.90 Å². The number of hydrogen-bond donors (Lipinski definition) is 0. The quantitative estimate of drug-likeness (QED) is 0.838. The fraction of sp³-hybridized carbons (Fsp3) is 0.500. The van der Waals surface area contributed by atoms with Crippen molar-refractivity contribution in [2.75, 3.05) is 7.05 Å². The van der Waals surface area contributed by atoms with Gasteiger partial charge in [-0.05, 0) is 37.8 Å². The number of nitriles is 1. The summed E-state index contributed by atoms with van der Waals surface area (Å²) in [5.41, 5.74) is -0.719. The van der Waals surface area contributed by atoms with Crippen LogP contribution in [0, 0.1) is 17.1 Å². The molecule has 0 N–H and O–H groups in total. The van der Waals surface area contributed by atoms with E-state index in [0.717, 1.165) is 6.42 Å². The van der Waals surface area contributed by atoms with Gasteiger partial charge in [0.2, 0.25) is 0 Å². The predicted octanol–water partition coefficient (Wildman–Crippen LogP) is 2.89. The number of benzene rings is 1. The molecule has 112 valence electrons. The second-order valence-corrected chi connectivity index (χ2v) is 5.34. The number of hydrogen-bond acceptors (Lipinski definition) is 3. The van der Waals surface area contributed by atoms with Crippen molar-refractivity contribution in [3.05, 3.63) is 30.1 Å². The number of nitrogens with zero attached hydrogens (tertiary/aromatic N) is 2. The molecular weight excluding hydrogens is 271 g/mol. The number of para-hydroxylation sites is 1. The molecular formula is C16H19FN2O2. The molecule has 0 spiro atoms. The van der Waals surface area contributed by atoms with Crippen LogP contribution < -0.4 is 4.74 Å². The summed E-state index contributed by atoms with van der Waals surface area (Å²) < 4.78 is 19.1. The van der Waals surface area contributed by atoms with Gasteiger partial charge in [-0.3, -0.25) is 4.79 Å². The van der Waals surface area contributed by atoms with Crippen LogP contribution in [-0.2, 0) is 4.79 Å². The highest BCUT2D eigenvalue weighted by molar-refractivity contribution is 5.82. The molecule has 4 nitrogen and oxygen atoms in total. The van der Waals surface area contributed by atoms with E-state index in [4.69, 9.17) is 4.74 Å². The Morgan fingerprint density at radius 2 is 2.19 bits per heavy atom. The van der Waals surface area contributed by atoms with E-state index < -0.39 is 17.5 Å². The number of halogens is 1. The highest BCUT2D eigenvalue weighted by Crippen LogP contribution is 2.37. The molecule has 2 rings (SSSR count). The van der Waals surface area contributed by atoms with Gasteiger partial charge in [0.15, 0.2) is 17.7 Å². The van der Waals surface area contributed by atoms with E-state index in [9.17, 15) is 14.4 Å². The smallest absolute Gasteiger partial charge is 0.264 e. The Bertz CT molecular complexity index is 564. The SMILES string of the molecule is CC[C@H](Oc1ccccc1F)C(=O)N(C)C1(C#N)CCC1. The van der Waals surface area contributed by atoms with E-state index in [1.165, 1.54) is 17.0 Å². The molecule has 1 aromatic carbocycles. The van der Waals surface area contributed by atoms with Gasteiger partial charge in [-0.1, -0.05) is 19.1 Å². The van der Waals surface area contributed by atoms with Gasteiger partial charge in [-0.25, -0.2) is 4.39 Å². The Morgan fingerprint density at radius 1 is 1.52 bits per heavy atom. The molecule has 1 saturated carbocycles. The van der Waals surface area contributed by atoms with Crippen molar-refractivity contribution < 1.29 is 13.9 Å². The molecule has 1 aliphatic carbocycles. The zero-order valence-corrected chi connectivity index (χ0v) is 12.3. The van der Waals surface area contributed by atoms with Gasteiger partial charge < -0.3 is 9.64 Å².